The number of anilines is 1. The molecule has 0 unspecified atom stereocenters. The molecule has 3 N–H and O–H groups in total. The summed E-state index contributed by atoms with van der Waals surface area (Å²) in [6, 6.07) is 15.0. The average molecular weight is 390 g/mol. The van der Waals surface area contributed by atoms with Gasteiger partial charge in [0.1, 0.15) is 5.82 Å². The van der Waals surface area contributed by atoms with Crippen LogP contribution in [0.25, 0.3) is 17.0 Å². The molecule has 0 bridgehead atoms. The van der Waals surface area contributed by atoms with Gasteiger partial charge in [-0.2, -0.15) is 19.9 Å². The molecule has 2 heterocycles. The highest BCUT2D eigenvalue weighted by Gasteiger charge is 2.16. The number of imidazole rings is 1. The van der Waals surface area contributed by atoms with Crippen LogP contribution in [0.3, 0.4) is 0 Å². The second-order valence-corrected chi connectivity index (χ2v) is 6.40. The number of rotatable bonds is 6. The summed E-state index contributed by atoms with van der Waals surface area (Å²) in [7, 11) is 0.0379. The number of nitrogens with zero attached hydrogens (tertiary/aromatic N) is 5. The minimum Gasteiger partial charge on any atom is -0.468 e. The van der Waals surface area contributed by atoms with E-state index < -0.39 is 7.12 Å². The highest BCUT2D eigenvalue weighted by molar-refractivity contribution is 6.58. The monoisotopic (exact) mass is 390 g/mol. The number of nitrogens with one attached hydrogen (secondary N) is 1. The first-order valence-corrected chi connectivity index (χ1v) is 8.98. The van der Waals surface area contributed by atoms with Crippen LogP contribution in [0.4, 0.5) is 5.95 Å². The average Bonchev–Trinajstić information content (AvgIpc) is 3.11. The molecule has 4 aromatic rings. The summed E-state index contributed by atoms with van der Waals surface area (Å²) >= 11 is 0. The number of fused-ring (bicyclic) bond motifs is 1. The Morgan fingerprint density at radius 2 is 1.86 bits per heavy atom. The number of ether oxygens (including phenoxy) is 1. The van der Waals surface area contributed by atoms with Gasteiger partial charge in [0.2, 0.25) is 11.9 Å². The summed E-state index contributed by atoms with van der Waals surface area (Å²) in [4.78, 5) is 17.8. The number of hydrogen-bond donors (Lipinski definition) is 3. The molecule has 0 saturated carbocycles. The fourth-order valence-electron chi connectivity index (χ4n) is 3.03. The van der Waals surface area contributed by atoms with E-state index in [9.17, 15) is 10.0 Å². The quantitative estimate of drug-likeness (QED) is 0.414. The first-order valence-electron chi connectivity index (χ1n) is 8.98. The lowest BCUT2D eigenvalue weighted by atomic mass is 9.80. The van der Waals surface area contributed by atoms with Crippen molar-refractivity contribution in [1.29, 1.82) is 0 Å². The molecule has 9 nitrogen and oxygen atoms in total. The first kappa shape index (κ1) is 18.8. The number of para-hydroxylation sites is 2. The van der Waals surface area contributed by atoms with Crippen molar-refractivity contribution in [3.8, 4) is 12.0 Å². The maximum Gasteiger partial charge on any atom is 0.488 e. The lowest BCUT2D eigenvalue weighted by molar-refractivity contribution is 0.374. The van der Waals surface area contributed by atoms with E-state index in [0.29, 0.717) is 35.7 Å². The van der Waals surface area contributed by atoms with E-state index in [1.165, 1.54) is 0 Å². The molecule has 146 valence electrons. The number of aromatic nitrogens is 5. The van der Waals surface area contributed by atoms with E-state index in [0.717, 1.165) is 16.6 Å². The SMILES string of the molecule is COc1nc2ccccc2n1-c1nc(C)nc(NCc2cccc(B(O)O)c2)n1. The summed E-state index contributed by atoms with van der Waals surface area (Å²) in [5, 5.41) is 21.8. The van der Waals surface area contributed by atoms with Crippen LogP contribution in [0.1, 0.15) is 11.4 Å². The van der Waals surface area contributed by atoms with E-state index >= 15 is 0 Å². The molecular weight excluding hydrogens is 371 g/mol. The van der Waals surface area contributed by atoms with Gasteiger partial charge in [-0.3, -0.25) is 0 Å². The Balaban J connectivity index is 1.66. The van der Waals surface area contributed by atoms with Gasteiger partial charge in [-0.25, -0.2) is 4.57 Å². The van der Waals surface area contributed by atoms with Gasteiger partial charge in [-0.05, 0) is 30.1 Å². The van der Waals surface area contributed by atoms with E-state index in [1.54, 1.807) is 36.8 Å². The highest BCUT2D eigenvalue weighted by Crippen LogP contribution is 2.24. The van der Waals surface area contributed by atoms with E-state index in [4.69, 9.17) is 4.74 Å². The third-order valence-electron chi connectivity index (χ3n) is 4.35. The van der Waals surface area contributed by atoms with Crippen LogP contribution in [0.5, 0.6) is 6.01 Å². The molecule has 0 spiro atoms. The minimum atomic E-state index is -1.51. The van der Waals surface area contributed by atoms with E-state index in [-0.39, 0.29) is 0 Å². The normalized spacial score (nSPS) is 10.9. The predicted molar refractivity (Wildman–Crippen MR) is 109 cm³/mol. The lowest BCUT2D eigenvalue weighted by Gasteiger charge is -2.10. The van der Waals surface area contributed by atoms with E-state index in [1.807, 2.05) is 30.3 Å². The number of hydrogen-bond acceptors (Lipinski definition) is 8. The van der Waals surface area contributed by atoms with Crippen molar-refractivity contribution in [1.82, 2.24) is 24.5 Å². The Labute approximate surface area is 167 Å². The van der Waals surface area contributed by atoms with Crippen molar-refractivity contribution in [2.75, 3.05) is 12.4 Å². The molecule has 0 saturated heterocycles. The molecule has 4 rings (SSSR count). The van der Waals surface area contributed by atoms with Crippen molar-refractivity contribution in [3.05, 3.63) is 59.9 Å². The molecule has 0 aliphatic heterocycles. The predicted octanol–water partition coefficient (Wildman–Crippen LogP) is 0.819. The van der Waals surface area contributed by atoms with Gasteiger partial charge >= 0.3 is 13.1 Å². The lowest BCUT2D eigenvalue weighted by Crippen LogP contribution is -2.30. The zero-order chi connectivity index (χ0) is 20.4. The van der Waals surface area contributed by atoms with Gasteiger partial charge < -0.3 is 20.1 Å². The zero-order valence-corrected chi connectivity index (χ0v) is 15.9. The summed E-state index contributed by atoms with van der Waals surface area (Å²) in [6.45, 7) is 2.19. The van der Waals surface area contributed by atoms with Crippen LogP contribution in [0.15, 0.2) is 48.5 Å². The van der Waals surface area contributed by atoms with Crippen molar-refractivity contribution in [2.24, 2.45) is 0 Å². The topological polar surface area (TPSA) is 118 Å². The van der Waals surface area contributed by atoms with Crippen LogP contribution in [0, 0.1) is 6.92 Å². The summed E-state index contributed by atoms with van der Waals surface area (Å²) in [6.07, 6.45) is 0. The molecule has 0 aliphatic carbocycles. The van der Waals surface area contributed by atoms with Crippen LogP contribution in [-0.4, -0.2) is 48.8 Å². The van der Waals surface area contributed by atoms with Crippen LogP contribution >= 0.6 is 0 Å². The molecule has 0 fully saturated rings. The summed E-state index contributed by atoms with van der Waals surface area (Å²) < 4.78 is 7.15. The van der Waals surface area contributed by atoms with Gasteiger partial charge in [-0.15, -0.1) is 0 Å². The van der Waals surface area contributed by atoms with Gasteiger partial charge in [0.25, 0.3) is 0 Å². The fourth-order valence-corrected chi connectivity index (χ4v) is 3.03. The Kier molecular flexibility index (Phi) is 5.11. The van der Waals surface area contributed by atoms with Gasteiger partial charge in [0.05, 0.1) is 18.1 Å². The molecule has 0 amide bonds. The molecule has 0 aliphatic rings. The third kappa shape index (κ3) is 3.89. The molecule has 10 heteroatoms. The van der Waals surface area contributed by atoms with Gasteiger partial charge in [0.15, 0.2) is 0 Å². The van der Waals surface area contributed by atoms with Crippen molar-refractivity contribution in [3.63, 3.8) is 0 Å². The Morgan fingerprint density at radius 1 is 1.03 bits per heavy atom. The second kappa shape index (κ2) is 7.86. The van der Waals surface area contributed by atoms with Gasteiger partial charge in [-0.1, -0.05) is 36.4 Å². The Bertz CT molecular complexity index is 1160. The molecule has 2 aromatic heterocycles. The zero-order valence-electron chi connectivity index (χ0n) is 15.9. The standard InChI is InChI=1S/C19H19BN6O3/c1-12-22-17(21-11-13-6-5-7-14(10-13)20(27)28)25-18(23-12)26-16-9-4-3-8-15(16)24-19(26)29-2/h3-10,27-28H,11H2,1-2H3,(H,21,22,23,25). The maximum absolute atomic E-state index is 9.33. The third-order valence-corrected chi connectivity index (χ3v) is 4.35. The molecule has 0 radical (unpaired) electrons. The fraction of sp³-hybridized carbons (Fsp3) is 0.158. The number of methoxy groups -OCH3 is 1. The molecule has 29 heavy (non-hydrogen) atoms. The van der Waals surface area contributed by atoms with Crippen molar-refractivity contribution < 1.29 is 14.8 Å². The number of benzene rings is 2. The molecular formula is C19H19BN6O3. The maximum atomic E-state index is 9.33. The molecule has 0 atom stereocenters. The van der Waals surface area contributed by atoms with Crippen molar-refractivity contribution >= 4 is 29.6 Å². The smallest absolute Gasteiger partial charge is 0.468 e. The largest absolute Gasteiger partial charge is 0.488 e. The van der Waals surface area contributed by atoms with E-state index in [2.05, 4.69) is 25.3 Å². The Morgan fingerprint density at radius 3 is 2.66 bits per heavy atom. The first-order chi connectivity index (χ1) is 14.0. The summed E-state index contributed by atoms with van der Waals surface area (Å²) in [5.74, 6) is 1.32. The number of aryl methyl sites for hydroxylation is 1. The highest BCUT2D eigenvalue weighted by atomic mass is 16.5. The van der Waals surface area contributed by atoms with Crippen LogP contribution in [0.2, 0.25) is 0 Å². The van der Waals surface area contributed by atoms with Crippen molar-refractivity contribution in [2.45, 2.75) is 13.5 Å². The Hall–Kier alpha value is -3.50. The second-order valence-electron chi connectivity index (χ2n) is 6.40. The van der Waals surface area contributed by atoms with Crippen LogP contribution < -0.4 is 15.5 Å². The minimum absolute atomic E-state index is 0.382. The van der Waals surface area contributed by atoms with Crippen LogP contribution in [-0.2, 0) is 6.54 Å². The molecule has 2 aromatic carbocycles. The summed E-state index contributed by atoms with van der Waals surface area (Å²) in [5.41, 5.74) is 2.88. The van der Waals surface area contributed by atoms with Gasteiger partial charge in [0, 0.05) is 6.54 Å².